The minimum atomic E-state index is -0.0763. The number of thiazole rings is 1. The first kappa shape index (κ1) is 15.2. The van der Waals surface area contributed by atoms with Crippen molar-refractivity contribution in [1.29, 1.82) is 0 Å². The molecule has 1 aliphatic rings. The summed E-state index contributed by atoms with van der Waals surface area (Å²) in [6.07, 6.45) is 5.48. The topological polar surface area (TPSA) is 90.1 Å². The van der Waals surface area contributed by atoms with Crippen LogP contribution in [0.5, 0.6) is 0 Å². The molecule has 0 aromatic carbocycles. The fourth-order valence-electron chi connectivity index (χ4n) is 2.93. The molecule has 0 bridgehead atoms. The average molecular weight is 320 g/mol. The Hall–Kier alpha value is -1.73. The van der Waals surface area contributed by atoms with Crippen molar-refractivity contribution in [1.82, 2.24) is 15.3 Å². The molecule has 22 heavy (non-hydrogen) atoms. The normalized spacial score (nSPS) is 21.9. The second-order valence-corrected chi connectivity index (χ2v) is 6.72. The molecule has 0 unspecified atom stereocenters. The third-order valence-electron chi connectivity index (χ3n) is 4.18. The fraction of sp³-hybridized carbons (Fsp3) is 0.533. The van der Waals surface area contributed by atoms with Crippen molar-refractivity contribution in [2.75, 3.05) is 12.8 Å². The number of carbonyl (C=O) groups is 1. The van der Waals surface area contributed by atoms with Crippen LogP contribution in [-0.2, 0) is 16.1 Å². The van der Waals surface area contributed by atoms with Gasteiger partial charge in [0.05, 0.1) is 17.7 Å². The predicted octanol–water partition coefficient (Wildman–Crippen LogP) is 2.09. The van der Waals surface area contributed by atoms with E-state index in [1.54, 1.807) is 17.5 Å². The van der Waals surface area contributed by atoms with Crippen molar-refractivity contribution >= 4 is 33.3 Å². The van der Waals surface area contributed by atoms with Gasteiger partial charge in [0, 0.05) is 18.8 Å². The van der Waals surface area contributed by atoms with E-state index in [0.29, 0.717) is 11.9 Å². The number of nitrogens with one attached hydrogen (secondary N) is 1. The van der Waals surface area contributed by atoms with Gasteiger partial charge in [-0.15, -0.1) is 11.3 Å². The Morgan fingerprint density at radius 2 is 2.23 bits per heavy atom. The van der Waals surface area contributed by atoms with E-state index >= 15 is 0 Å². The first-order valence-corrected chi connectivity index (χ1v) is 8.30. The number of esters is 1. The second-order valence-electron chi connectivity index (χ2n) is 5.60. The summed E-state index contributed by atoms with van der Waals surface area (Å²) < 4.78 is 5.88. The number of hydrogen-bond acceptors (Lipinski definition) is 7. The van der Waals surface area contributed by atoms with E-state index < -0.39 is 0 Å². The number of fused-ring (bicyclic) bond motifs is 1. The molecule has 3 rings (SSSR count). The smallest absolute Gasteiger partial charge is 0.308 e. The summed E-state index contributed by atoms with van der Waals surface area (Å²) in [4.78, 5) is 20.1. The van der Waals surface area contributed by atoms with Gasteiger partial charge in [-0.05, 0) is 31.7 Å². The van der Waals surface area contributed by atoms with E-state index in [9.17, 15) is 4.79 Å². The zero-order valence-corrected chi connectivity index (χ0v) is 13.4. The third kappa shape index (κ3) is 3.20. The van der Waals surface area contributed by atoms with Crippen molar-refractivity contribution in [3.63, 3.8) is 0 Å². The lowest BCUT2D eigenvalue weighted by Crippen LogP contribution is -2.34. The molecule has 118 valence electrons. The third-order valence-corrected chi connectivity index (χ3v) is 5.20. The number of anilines is 1. The van der Waals surface area contributed by atoms with Gasteiger partial charge >= 0.3 is 5.97 Å². The Labute approximate surface area is 133 Å². The van der Waals surface area contributed by atoms with Crippen molar-refractivity contribution in [3.05, 3.63) is 17.3 Å². The Balaban J connectivity index is 1.54. The van der Waals surface area contributed by atoms with Gasteiger partial charge in [-0.1, -0.05) is 0 Å². The Bertz CT molecular complexity index is 665. The largest absolute Gasteiger partial charge is 0.469 e. The molecule has 1 aliphatic carbocycles. The average Bonchev–Trinajstić information content (AvgIpc) is 2.97. The van der Waals surface area contributed by atoms with Crippen LogP contribution in [-0.4, -0.2) is 29.1 Å². The maximum Gasteiger partial charge on any atom is 0.308 e. The molecule has 7 heteroatoms. The number of aromatic nitrogens is 2. The number of rotatable bonds is 4. The number of ether oxygens (including phenoxy) is 1. The molecular weight excluding hydrogens is 300 g/mol. The van der Waals surface area contributed by atoms with Crippen LogP contribution in [0.15, 0.2) is 12.3 Å². The van der Waals surface area contributed by atoms with Gasteiger partial charge < -0.3 is 15.8 Å². The number of nitrogen functional groups attached to an aromatic ring is 1. The van der Waals surface area contributed by atoms with Gasteiger partial charge in [-0.25, -0.2) is 9.97 Å². The second kappa shape index (κ2) is 6.58. The van der Waals surface area contributed by atoms with Gasteiger partial charge in [0.25, 0.3) is 0 Å². The molecule has 0 saturated heterocycles. The molecule has 2 aromatic rings. The minimum Gasteiger partial charge on any atom is -0.469 e. The summed E-state index contributed by atoms with van der Waals surface area (Å²) in [6.45, 7) is 0.729. The maximum absolute atomic E-state index is 11.5. The van der Waals surface area contributed by atoms with Crippen molar-refractivity contribution in [3.8, 4) is 0 Å². The van der Waals surface area contributed by atoms with Crippen LogP contribution < -0.4 is 11.1 Å². The molecule has 2 aromatic heterocycles. The van der Waals surface area contributed by atoms with Gasteiger partial charge in [0.2, 0.25) is 0 Å². The quantitative estimate of drug-likeness (QED) is 0.838. The predicted molar refractivity (Wildman–Crippen MR) is 86.4 cm³/mol. The van der Waals surface area contributed by atoms with Crippen LogP contribution in [0.2, 0.25) is 0 Å². The highest BCUT2D eigenvalue weighted by atomic mass is 32.1. The molecule has 0 aliphatic heterocycles. The number of pyridine rings is 1. The van der Waals surface area contributed by atoms with Gasteiger partial charge in [0.15, 0.2) is 5.82 Å². The minimum absolute atomic E-state index is 0.0661. The van der Waals surface area contributed by atoms with E-state index in [0.717, 1.165) is 47.5 Å². The van der Waals surface area contributed by atoms with Crippen LogP contribution in [0.25, 0.3) is 10.2 Å². The zero-order chi connectivity index (χ0) is 15.5. The molecule has 1 saturated carbocycles. The van der Waals surface area contributed by atoms with E-state index in [4.69, 9.17) is 10.5 Å². The monoisotopic (exact) mass is 320 g/mol. The summed E-state index contributed by atoms with van der Waals surface area (Å²) in [5, 5.41) is 4.55. The molecule has 3 N–H and O–H groups in total. The van der Waals surface area contributed by atoms with E-state index in [1.165, 1.54) is 7.11 Å². The molecule has 0 radical (unpaired) electrons. The summed E-state index contributed by atoms with van der Waals surface area (Å²) in [5.74, 6) is 0.475. The summed E-state index contributed by atoms with van der Waals surface area (Å²) in [5.41, 5.74) is 6.62. The van der Waals surface area contributed by atoms with Crippen molar-refractivity contribution < 1.29 is 9.53 Å². The zero-order valence-electron chi connectivity index (χ0n) is 12.5. The van der Waals surface area contributed by atoms with Crippen LogP contribution in [0.3, 0.4) is 0 Å². The Morgan fingerprint density at radius 3 is 2.91 bits per heavy atom. The molecule has 2 heterocycles. The fourth-order valence-corrected chi connectivity index (χ4v) is 3.85. The number of nitrogens with two attached hydrogens (primary N) is 1. The lowest BCUT2D eigenvalue weighted by atomic mass is 9.86. The highest BCUT2D eigenvalue weighted by molar-refractivity contribution is 7.18. The lowest BCUT2D eigenvalue weighted by Gasteiger charge is -2.27. The Morgan fingerprint density at radius 1 is 1.45 bits per heavy atom. The Kier molecular flexibility index (Phi) is 4.54. The van der Waals surface area contributed by atoms with Crippen LogP contribution in [0, 0.1) is 5.92 Å². The SMILES string of the molecule is COC(=O)C1CCC(NCc2nc3c(N)nccc3s2)CC1. The highest BCUT2D eigenvalue weighted by Gasteiger charge is 2.26. The molecule has 1 fully saturated rings. The molecular formula is C15H20N4O2S. The van der Waals surface area contributed by atoms with Crippen LogP contribution >= 0.6 is 11.3 Å². The van der Waals surface area contributed by atoms with E-state index in [-0.39, 0.29) is 11.9 Å². The van der Waals surface area contributed by atoms with E-state index in [1.807, 2.05) is 6.07 Å². The number of carbonyl (C=O) groups excluding carboxylic acids is 1. The summed E-state index contributed by atoms with van der Waals surface area (Å²) in [7, 11) is 1.46. The standard InChI is InChI=1S/C15H20N4O2S/c1-21-15(20)9-2-4-10(5-3-9)18-8-12-19-13-11(22-12)6-7-17-14(13)16/h6-7,9-10,18H,2-5,8H2,1H3,(H2,16,17). The van der Waals surface area contributed by atoms with Gasteiger partial charge in [-0.2, -0.15) is 0 Å². The number of hydrogen-bond donors (Lipinski definition) is 2. The van der Waals surface area contributed by atoms with Crippen LogP contribution in [0.1, 0.15) is 30.7 Å². The summed E-state index contributed by atoms with van der Waals surface area (Å²) in [6, 6.07) is 2.37. The summed E-state index contributed by atoms with van der Waals surface area (Å²) >= 11 is 1.64. The van der Waals surface area contributed by atoms with Crippen LogP contribution in [0.4, 0.5) is 5.82 Å². The molecule has 0 amide bonds. The number of methoxy groups -OCH3 is 1. The van der Waals surface area contributed by atoms with E-state index in [2.05, 4.69) is 15.3 Å². The van der Waals surface area contributed by atoms with Gasteiger partial charge in [-0.3, -0.25) is 4.79 Å². The molecule has 0 spiro atoms. The van der Waals surface area contributed by atoms with Gasteiger partial charge in [0.1, 0.15) is 10.5 Å². The lowest BCUT2D eigenvalue weighted by molar-refractivity contribution is -0.146. The maximum atomic E-state index is 11.5. The van der Waals surface area contributed by atoms with Crippen molar-refractivity contribution in [2.24, 2.45) is 5.92 Å². The van der Waals surface area contributed by atoms with Crippen molar-refractivity contribution in [2.45, 2.75) is 38.3 Å². The highest BCUT2D eigenvalue weighted by Crippen LogP contribution is 2.27. The molecule has 0 atom stereocenters. The first-order chi connectivity index (χ1) is 10.7. The molecule has 6 nitrogen and oxygen atoms in total. The first-order valence-electron chi connectivity index (χ1n) is 7.48. The number of nitrogens with zero attached hydrogens (tertiary/aromatic N) is 2.